The predicted octanol–water partition coefficient (Wildman–Crippen LogP) is 3.03. The lowest BCUT2D eigenvalue weighted by Gasteiger charge is -2.25. The van der Waals surface area contributed by atoms with Gasteiger partial charge in [-0.1, -0.05) is 0 Å². The molecule has 12 heteroatoms. The number of ether oxygens (including phenoxy) is 1. The molecule has 2 aromatic heterocycles. The lowest BCUT2D eigenvalue weighted by molar-refractivity contribution is -0.137. The molecule has 1 aliphatic heterocycles. The zero-order valence-electron chi connectivity index (χ0n) is 17.0. The normalized spacial score (nSPS) is 14.8. The second-order valence-corrected chi connectivity index (χ2v) is 7.00. The summed E-state index contributed by atoms with van der Waals surface area (Å²) in [5.41, 5.74) is 0.926. The molecule has 0 unspecified atom stereocenters. The Balaban J connectivity index is 1.61. The summed E-state index contributed by atoms with van der Waals surface area (Å²) in [6.07, 6.45) is 0.855. The minimum absolute atomic E-state index is 0.0182. The third-order valence-corrected chi connectivity index (χ3v) is 4.90. The molecule has 3 heterocycles. The van der Waals surface area contributed by atoms with Crippen LogP contribution in [0.25, 0.3) is 17.0 Å². The molecule has 1 saturated heterocycles. The number of carbonyl (C=O) groups is 1. The lowest BCUT2D eigenvalue weighted by atomic mass is 10.1. The molecular weight excluding hydrogens is 427 g/mol. The van der Waals surface area contributed by atoms with E-state index in [4.69, 9.17) is 4.74 Å². The van der Waals surface area contributed by atoms with Gasteiger partial charge in [0, 0.05) is 37.8 Å². The molecule has 1 fully saturated rings. The Hall–Kier alpha value is -3.67. The highest BCUT2D eigenvalue weighted by Crippen LogP contribution is 2.34. The van der Waals surface area contributed by atoms with Crippen molar-refractivity contribution in [3.63, 3.8) is 0 Å². The molecule has 168 valence electrons. The van der Waals surface area contributed by atoms with Gasteiger partial charge < -0.3 is 20.3 Å². The minimum Gasteiger partial charge on any atom is -0.378 e. The van der Waals surface area contributed by atoms with Crippen LogP contribution in [0.4, 0.5) is 30.6 Å². The van der Waals surface area contributed by atoms with Gasteiger partial charge in [0.2, 0.25) is 11.9 Å². The monoisotopic (exact) mass is 447 g/mol. The number of nitrogens with one attached hydrogen (secondary N) is 3. The van der Waals surface area contributed by atoms with Gasteiger partial charge in [-0.25, -0.2) is 4.98 Å². The average molecular weight is 447 g/mol. The first kappa shape index (κ1) is 21.6. The number of aromatic amines is 1. The molecule has 0 spiro atoms. The van der Waals surface area contributed by atoms with Crippen LogP contribution in [0.1, 0.15) is 11.1 Å². The second kappa shape index (κ2) is 8.83. The number of carbonyl (C=O) groups excluding carboxylic acids is 1. The average Bonchev–Trinajstić information content (AvgIpc) is 3.26. The lowest BCUT2D eigenvalue weighted by Crippen LogP contribution is -2.39. The Morgan fingerprint density at radius 3 is 2.75 bits per heavy atom. The van der Waals surface area contributed by atoms with Crippen LogP contribution < -0.4 is 10.6 Å². The summed E-state index contributed by atoms with van der Waals surface area (Å²) in [5, 5.41) is 12.9. The van der Waals surface area contributed by atoms with E-state index < -0.39 is 11.7 Å². The molecule has 0 atom stereocenters. The first-order valence-corrected chi connectivity index (χ1v) is 9.76. The maximum absolute atomic E-state index is 13.1. The van der Waals surface area contributed by atoms with Crippen LogP contribution in [0, 0.1) is 0 Å². The summed E-state index contributed by atoms with van der Waals surface area (Å²) < 4.78 is 44.5. The molecule has 1 amide bonds. The van der Waals surface area contributed by atoms with Gasteiger partial charge >= 0.3 is 6.18 Å². The van der Waals surface area contributed by atoms with E-state index in [1.807, 2.05) is 6.07 Å². The highest BCUT2D eigenvalue weighted by atomic mass is 19.4. The first-order valence-electron chi connectivity index (χ1n) is 9.76. The summed E-state index contributed by atoms with van der Waals surface area (Å²) in [7, 11) is 1.35. The number of fused-ring (bicyclic) bond motifs is 1. The fourth-order valence-corrected chi connectivity index (χ4v) is 3.29. The van der Waals surface area contributed by atoms with Crippen LogP contribution in [-0.4, -0.2) is 64.3 Å². The Bertz CT molecular complexity index is 1150. The summed E-state index contributed by atoms with van der Waals surface area (Å²) in [5.74, 6) is -0.488. The van der Waals surface area contributed by atoms with Gasteiger partial charge in [-0.3, -0.25) is 9.89 Å². The predicted molar refractivity (Wildman–Crippen MR) is 112 cm³/mol. The van der Waals surface area contributed by atoms with Crippen LogP contribution in [0.15, 0.2) is 30.6 Å². The van der Waals surface area contributed by atoms with Crippen LogP contribution in [0.5, 0.6) is 0 Å². The van der Waals surface area contributed by atoms with E-state index >= 15 is 0 Å². The van der Waals surface area contributed by atoms with Crippen LogP contribution >= 0.6 is 0 Å². The van der Waals surface area contributed by atoms with Gasteiger partial charge in [-0.05, 0) is 23.8 Å². The number of aromatic nitrogens is 4. The topological polar surface area (TPSA) is 108 Å². The highest BCUT2D eigenvalue weighted by molar-refractivity contribution is 5.96. The Morgan fingerprint density at radius 2 is 2.03 bits per heavy atom. The molecule has 0 radical (unpaired) electrons. The smallest absolute Gasteiger partial charge is 0.378 e. The molecule has 3 aromatic rings. The van der Waals surface area contributed by atoms with Crippen molar-refractivity contribution in [2.45, 2.75) is 6.18 Å². The van der Waals surface area contributed by atoms with Gasteiger partial charge in [-0.2, -0.15) is 23.3 Å². The summed E-state index contributed by atoms with van der Waals surface area (Å²) >= 11 is 0. The molecule has 0 saturated carbocycles. The Kier molecular flexibility index (Phi) is 5.95. The molecule has 0 aliphatic carbocycles. The van der Waals surface area contributed by atoms with E-state index in [-0.39, 0.29) is 17.7 Å². The molecule has 1 aromatic carbocycles. The van der Waals surface area contributed by atoms with Crippen molar-refractivity contribution in [1.82, 2.24) is 25.1 Å². The maximum atomic E-state index is 13.1. The quantitative estimate of drug-likeness (QED) is 0.516. The van der Waals surface area contributed by atoms with E-state index in [1.165, 1.54) is 13.1 Å². The number of morpholine rings is 1. The van der Waals surface area contributed by atoms with Crippen molar-refractivity contribution in [3.05, 3.63) is 41.7 Å². The van der Waals surface area contributed by atoms with Crippen LogP contribution in [-0.2, 0) is 15.7 Å². The number of hydrogen-bond acceptors (Lipinski definition) is 7. The van der Waals surface area contributed by atoms with Gasteiger partial charge in [0.05, 0.1) is 30.6 Å². The fraction of sp³-hybridized carbons (Fsp3) is 0.300. The molecule has 1 aliphatic rings. The Morgan fingerprint density at radius 1 is 1.25 bits per heavy atom. The molecule has 0 bridgehead atoms. The first-order chi connectivity index (χ1) is 15.3. The van der Waals surface area contributed by atoms with Gasteiger partial charge in [0.25, 0.3) is 0 Å². The van der Waals surface area contributed by atoms with Crippen LogP contribution in [0.2, 0.25) is 0 Å². The molecule has 32 heavy (non-hydrogen) atoms. The number of hydrogen-bond donors (Lipinski definition) is 3. The Labute approximate surface area is 180 Å². The number of benzene rings is 1. The number of anilines is 3. The third kappa shape index (κ3) is 4.64. The SMILES string of the molecule is CNc1nc(Nc2cc(/C=C/C(=O)N3CCOCC3)cc3[nH]ncc23)ncc1C(F)(F)F. The van der Waals surface area contributed by atoms with Crippen molar-refractivity contribution in [2.75, 3.05) is 44.0 Å². The van der Waals surface area contributed by atoms with Crippen molar-refractivity contribution >= 4 is 40.3 Å². The highest BCUT2D eigenvalue weighted by Gasteiger charge is 2.35. The standard InChI is InChI=1S/C20H20F3N7O2/c1-24-18-14(20(21,22)23)11-25-19(28-18)27-15-8-12(9-16-13(15)10-26-29-16)2-3-17(31)30-4-6-32-7-5-30/h2-3,8-11H,4-7H2,1H3,(H,26,29)(H2,24,25,27,28)/b3-2+. The molecular formula is C20H20F3N7O2. The minimum atomic E-state index is -4.58. The fourth-order valence-electron chi connectivity index (χ4n) is 3.29. The van der Waals surface area contributed by atoms with Crippen molar-refractivity contribution < 1.29 is 22.7 Å². The second-order valence-electron chi connectivity index (χ2n) is 7.00. The van der Waals surface area contributed by atoms with E-state index in [0.717, 1.165) is 6.20 Å². The summed E-state index contributed by atoms with van der Waals surface area (Å²) in [6.45, 7) is 2.09. The molecule has 3 N–H and O–H groups in total. The number of amides is 1. The maximum Gasteiger partial charge on any atom is 0.421 e. The van der Waals surface area contributed by atoms with E-state index in [2.05, 4.69) is 30.8 Å². The zero-order chi connectivity index (χ0) is 22.7. The van der Waals surface area contributed by atoms with Gasteiger partial charge in [0.15, 0.2) is 0 Å². The number of halogens is 3. The van der Waals surface area contributed by atoms with Crippen LogP contribution in [0.3, 0.4) is 0 Å². The van der Waals surface area contributed by atoms with Crippen molar-refractivity contribution in [2.24, 2.45) is 0 Å². The summed E-state index contributed by atoms with van der Waals surface area (Å²) in [4.78, 5) is 21.8. The van der Waals surface area contributed by atoms with Crippen molar-refractivity contribution in [3.8, 4) is 0 Å². The van der Waals surface area contributed by atoms with E-state index in [9.17, 15) is 18.0 Å². The number of nitrogens with zero attached hydrogens (tertiary/aromatic N) is 4. The van der Waals surface area contributed by atoms with E-state index in [0.29, 0.717) is 48.5 Å². The van der Waals surface area contributed by atoms with Crippen molar-refractivity contribution in [1.29, 1.82) is 0 Å². The number of alkyl halides is 3. The van der Waals surface area contributed by atoms with Gasteiger partial charge in [0.1, 0.15) is 11.4 Å². The number of rotatable bonds is 5. The zero-order valence-corrected chi connectivity index (χ0v) is 17.0. The van der Waals surface area contributed by atoms with Gasteiger partial charge in [-0.15, -0.1) is 0 Å². The molecule has 4 rings (SSSR count). The van der Waals surface area contributed by atoms with E-state index in [1.54, 1.807) is 23.2 Å². The third-order valence-electron chi connectivity index (χ3n) is 4.90. The summed E-state index contributed by atoms with van der Waals surface area (Å²) in [6, 6.07) is 3.55. The largest absolute Gasteiger partial charge is 0.421 e. The number of H-pyrrole nitrogens is 1. The molecule has 9 nitrogen and oxygen atoms in total.